The molecule has 1 atom stereocenters. The molecule has 0 aromatic carbocycles. The van der Waals surface area contributed by atoms with Crippen molar-refractivity contribution < 1.29 is 9.53 Å². The molecule has 1 amide bonds. The minimum absolute atomic E-state index is 0.0368. The van der Waals surface area contributed by atoms with Crippen LogP contribution in [0, 0.1) is 5.92 Å². The third-order valence-electron chi connectivity index (χ3n) is 7.32. The molecule has 172 valence electrons. The normalized spacial score (nSPS) is 22.4. The van der Waals surface area contributed by atoms with Crippen LogP contribution in [-0.4, -0.2) is 70.2 Å². The number of fused-ring (bicyclic) bond motifs is 2. The van der Waals surface area contributed by atoms with Crippen molar-refractivity contribution in [2.24, 2.45) is 5.92 Å². The van der Waals surface area contributed by atoms with Crippen LogP contribution in [0.25, 0.3) is 5.65 Å². The second-order valence-electron chi connectivity index (χ2n) is 9.47. The highest BCUT2D eigenvalue weighted by Crippen LogP contribution is 2.29. The highest BCUT2D eigenvalue weighted by molar-refractivity contribution is 5.77. The zero-order chi connectivity index (χ0) is 22.1. The molecule has 0 radical (unpaired) electrons. The van der Waals surface area contributed by atoms with E-state index in [9.17, 15) is 9.59 Å². The van der Waals surface area contributed by atoms with Crippen molar-refractivity contribution >= 4 is 11.6 Å². The number of likely N-dealkylation sites (tertiary alicyclic amines) is 1. The van der Waals surface area contributed by atoms with Gasteiger partial charge in [0.2, 0.25) is 5.91 Å². The Morgan fingerprint density at radius 2 is 2.06 bits per heavy atom. The third kappa shape index (κ3) is 4.26. The van der Waals surface area contributed by atoms with E-state index in [2.05, 4.69) is 28.2 Å². The number of nitrogens with one attached hydrogen (secondary N) is 1. The van der Waals surface area contributed by atoms with Crippen molar-refractivity contribution in [1.82, 2.24) is 24.4 Å². The highest BCUT2D eigenvalue weighted by atomic mass is 16.5. The first kappa shape index (κ1) is 21.4. The van der Waals surface area contributed by atoms with E-state index in [4.69, 9.17) is 9.72 Å². The molecule has 1 fully saturated rings. The number of carbonyl (C=O) groups is 1. The number of ether oxygens (including phenoxy) is 1. The molecule has 5 rings (SSSR count). The molecular formula is C24H33N5O3. The van der Waals surface area contributed by atoms with E-state index in [0.717, 1.165) is 43.2 Å². The van der Waals surface area contributed by atoms with Gasteiger partial charge in [0.25, 0.3) is 5.56 Å². The van der Waals surface area contributed by atoms with Gasteiger partial charge in [0, 0.05) is 44.3 Å². The summed E-state index contributed by atoms with van der Waals surface area (Å²) in [5.41, 5.74) is 3.14. The van der Waals surface area contributed by atoms with E-state index in [-0.39, 0.29) is 18.1 Å². The summed E-state index contributed by atoms with van der Waals surface area (Å²) < 4.78 is 6.53. The van der Waals surface area contributed by atoms with Crippen LogP contribution in [0.5, 0.6) is 0 Å². The first-order chi connectivity index (χ1) is 15.6. The molecule has 2 aromatic rings. The quantitative estimate of drug-likeness (QED) is 0.722. The lowest BCUT2D eigenvalue weighted by Gasteiger charge is -2.34. The maximum atomic E-state index is 13.2. The number of aromatic amines is 1. The Kier molecular flexibility index (Phi) is 6.15. The Hall–Kier alpha value is -2.45. The predicted molar refractivity (Wildman–Crippen MR) is 122 cm³/mol. The molecule has 0 saturated carbocycles. The lowest BCUT2D eigenvalue weighted by atomic mass is 9.90. The number of aromatic nitrogens is 3. The molecule has 1 N–H and O–H groups in total. The fourth-order valence-corrected chi connectivity index (χ4v) is 5.45. The third-order valence-corrected chi connectivity index (χ3v) is 7.32. The summed E-state index contributed by atoms with van der Waals surface area (Å²) in [6.07, 6.45) is 11.2. The first-order valence-electron chi connectivity index (χ1n) is 11.9. The molecule has 3 aliphatic rings. The van der Waals surface area contributed by atoms with Crippen molar-refractivity contribution in [1.29, 1.82) is 0 Å². The lowest BCUT2D eigenvalue weighted by molar-refractivity contribution is -0.136. The van der Waals surface area contributed by atoms with E-state index in [1.165, 1.54) is 32.9 Å². The van der Waals surface area contributed by atoms with Gasteiger partial charge in [-0.05, 0) is 51.1 Å². The monoisotopic (exact) mass is 439 g/mol. The number of amides is 1. The summed E-state index contributed by atoms with van der Waals surface area (Å²) in [6.45, 7) is 4.33. The molecule has 1 unspecified atom stereocenters. The van der Waals surface area contributed by atoms with Gasteiger partial charge in [0.05, 0.1) is 17.8 Å². The van der Waals surface area contributed by atoms with Crippen LogP contribution in [0.15, 0.2) is 23.0 Å². The van der Waals surface area contributed by atoms with Crippen molar-refractivity contribution in [2.75, 3.05) is 39.9 Å². The minimum atomic E-state index is -0.0918. The number of H-pyrrole nitrogens is 1. The summed E-state index contributed by atoms with van der Waals surface area (Å²) in [6, 6.07) is 2.05. The van der Waals surface area contributed by atoms with Gasteiger partial charge in [0.15, 0.2) is 5.65 Å². The maximum absolute atomic E-state index is 13.2. The van der Waals surface area contributed by atoms with E-state index in [1.54, 1.807) is 9.42 Å². The van der Waals surface area contributed by atoms with Crippen molar-refractivity contribution in [3.8, 4) is 0 Å². The van der Waals surface area contributed by atoms with Crippen LogP contribution >= 0.6 is 0 Å². The topological polar surface area (TPSA) is 82.9 Å². The highest BCUT2D eigenvalue weighted by Gasteiger charge is 2.27. The molecule has 1 saturated heterocycles. The zero-order valence-electron chi connectivity index (χ0n) is 18.9. The number of hydrogen-bond acceptors (Lipinski definition) is 5. The second-order valence-corrected chi connectivity index (χ2v) is 9.47. The SMILES string of the molecule is COCC(=O)N1CCc2nc3cc(C4CCN(CC5CC=CCC5)CC4)[nH]n3c(=O)c2C1. The fraction of sp³-hybridized carbons (Fsp3) is 0.625. The van der Waals surface area contributed by atoms with E-state index >= 15 is 0 Å². The number of piperidine rings is 1. The number of hydrogen-bond donors (Lipinski definition) is 1. The summed E-state index contributed by atoms with van der Waals surface area (Å²) in [5.74, 6) is 1.13. The molecule has 0 spiro atoms. The maximum Gasteiger partial charge on any atom is 0.277 e. The van der Waals surface area contributed by atoms with E-state index < -0.39 is 0 Å². The van der Waals surface area contributed by atoms with Gasteiger partial charge >= 0.3 is 0 Å². The molecule has 0 bridgehead atoms. The van der Waals surface area contributed by atoms with Crippen molar-refractivity contribution in [2.45, 2.75) is 51.0 Å². The Morgan fingerprint density at radius 3 is 2.81 bits per heavy atom. The molecule has 8 nitrogen and oxygen atoms in total. The molecule has 2 aliphatic heterocycles. The number of methoxy groups -OCH3 is 1. The standard InChI is InChI=1S/C24H33N5O3/c1-32-16-23(30)28-12-9-20-19(15-28)24(31)29-22(25-20)13-21(26-29)18-7-10-27(11-8-18)14-17-5-3-2-4-6-17/h2-3,13,17-18,26H,4-12,14-16H2,1H3. The summed E-state index contributed by atoms with van der Waals surface area (Å²) in [4.78, 5) is 34.4. The summed E-state index contributed by atoms with van der Waals surface area (Å²) >= 11 is 0. The van der Waals surface area contributed by atoms with Gasteiger partial charge in [-0.1, -0.05) is 12.2 Å². The summed E-state index contributed by atoms with van der Waals surface area (Å²) in [5, 5.41) is 3.34. The van der Waals surface area contributed by atoms with Crippen LogP contribution in [0.3, 0.4) is 0 Å². The first-order valence-corrected chi connectivity index (χ1v) is 11.9. The molecule has 2 aromatic heterocycles. The van der Waals surface area contributed by atoms with Crippen molar-refractivity contribution in [3.05, 3.63) is 45.5 Å². The molecule has 32 heavy (non-hydrogen) atoms. The Morgan fingerprint density at radius 1 is 1.22 bits per heavy atom. The average molecular weight is 440 g/mol. The Labute approximate surface area is 188 Å². The molecular weight excluding hydrogens is 406 g/mol. The van der Waals surface area contributed by atoms with Crippen LogP contribution in [0.1, 0.15) is 55.0 Å². The van der Waals surface area contributed by atoms with Crippen LogP contribution in [0.2, 0.25) is 0 Å². The Balaban J connectivity index is 1.28. The van der Waals surface area contributed by atoms with Crippen LogP contribution in [0.4, 0.5) is 0 Å². The van der Waals surface area contributed by atoms with Crippen LogP contribution < -0.4 is 5.56 Å². The van der Waals surface area contributed by atoms with Crippen molar-refractivity contribution in [3.63, 3.8) is 0 Å². The molecule has 8 heteroatoms. The molecule has 1 aliphatic carbocycles. The molecule has 4 heterocycles. The number of allylic oxidation sites excluding steroid dienone is 2. The number of nitrogens with zero attached hydrogens (tertiary/aromatic N) is 4. The number of rotatable bonds is 5. The minimum Gasteiger partial charge on any atom is -0.375 e. The van der Waals surface area contributed by atoms with Gasteiger partial charge in [0.1, 0.15) is 6.61 Å². The van der Waals surface area contributed by atoms with Gasteiger partial charge in [-0.3, -0.25) is 14.7 Å². The zero-order valence-corrected chi connectivity index (χ0v) is 18.9. The van der Waals surface area contributed by atoms with Gasteiger partial charge in [-0.25, -0.2) is 9.50 Å². The largest absolute Gasteiger partial charge is 0.375 e. The van der Waals surface area contributed by atoms with E-state index in [0.29, 0.717) is 36.6 Å². The number of carbonyl (C=O) groups excluding carboxylic acids is 1. The smallest absolute Gasteiger partial charge is 0.277 e. The van der Waals surface area contributed by atoms with Gasteiger partial charge < -0.3 is 14.5 Å². The van der Waals surface area contributed by atoms with Gasteiger partial charge in [-0.15, -0.1) is 0 Å². The average Bonchev–Trinajstić information content (AvgIpc) is 3.25. The summed E-state index contributed by atoms with van der Waals surface area (Å²) in [7, 11) is 1.51. The second kappa shape index (κ2) is 9.19. The predicted octanol–water partition coefficient (Wildman–Crippen LogP) is 2.09. The Bertz CT molecular complexity index is 1060. The van der Waals surface area contributed by atoms with Gasteiger partial charge in [-0.2, -0.15) is 0 Å². The van der Waals surface area contributed by atoms with E-state index in [1.807, 2.05) is 0 Å². The fourth-order valence-electron chi connectivity index (χ4n) is 5.45. The lowest BCUT2D eigenvalue weighted by Crippen LogP contribution is -2.41. The van der Waals surface area contributed by atoms with Crippen LogP contribution in [-0.2, 0) is 22.5 Å².